The van der Waals surface area contributed by atoms with Crippen molar-refractivity contribution in [2.45, 2.75) is 19.8 Å². The van der Waals surface area contributed by atoms with Crippen molar-refractivity contribution in [2.24, 2.45) is 0 Å². The Morgan fingerprint density at radius 2 is 1.82 bits per heavy atom. The topological polar surface area (TPSA) is 128 Å². The number of nitriles is 1. The van der Waals surface area contributed by atoms with Gasteiger partial charge in [0.15, 0.2) is 29.6 Å². The van der Waals surface area contributed by atoms with Crippen molar-refractivity contribution in [1.29, 1.82) is 5.26 Å². The summed E-state index contributed by atoms with van der Waals surface area (Å²) in [5.74, 6) is 2.73. The van der Waals surface area contributed by atoms with Crippen LogP contribution in [0, 0.1) is 11.3 Å². The molecule has 2 aromatic heterocycles. The van der Waals surface area contributed by atoms with Gasteiger partial charge in [-0.2, -0.15) is 5.26 Å². The Kier molecular flexibility index (Phi) is 8.98. The molecule has 0 spiro atoms. The number of nitrogens with zero attached hydrogens (tertiary/aromatic N) is 3. The number of unbranched alkanes of at least 4 members (excludes halogenated alkanes) is 1. The number of rotatable bonds is 12. The van der Waals surface area contributed by atoms with Crippen LogP contribution in [0.3, 0.4) is 0 Å². The van der Waals surface area contributed by atoms with Gasteiger partial charge in [0.2, 0.25) is 0 Å². The summed E-state index contributed by atoms with van der Waals surface area (Å²) in [6.07, 6.45) is 5.01. The second-order valence-electron chi connectivity index (χ2n) is 8.40. The third kappa shape index (κ3) is 6.64. The van der Waals surface area contributed by atoms with Gasteiger partial charge in [0.05, 0.1) is 36.7 Å². The lowest BCUT2D eigenvalue weighted by atomic mass is 10.1. The first-order chi connectivity index (χ1) is 19.1. The molecule has 0 radical (unpaired) electrons. The van der Waals surface area contributed by atoms with E-state index in [-0.39, 0.29) is 12.5 Å². The highest BCUT2D eigenvalue weighted by Crippen LogP contribution is 2.37. The highest BCUT2D eigenvalue weighted by molar-refractivity contribution is 5.97. The van der Waals surface area contributed by atoms with Crippen molar-refractivity contribution in [2.75, 3.05) is 32.7 Å². The molecular weight excluding hydrogens is 498 g/mol. The fourth-order valence-corrected chi connectivity index (χ4v) is 3.66. The summed E-state index contributed by atoms with van der Waals surface area (Å²) in [4.78, 5) is 20.4. The Labute approximate surface area is 226 Å². The van der Waals surface area contributed by atoms with E-state index in [2.05, 4.69) is 33.6 Å². The third-order valence-corrected chi connectivity index (χ3v) is 5.73. The minimum atomic E-state index is -0.250. The lowest BCUT2D eigenvalue weighted by Crippen LogP contribution is -2.24. The van der Waals surface area contributed by atoms with Crippen molar-refractivity contribution < 1.29 is 23.7 Å². The molecule has 10 heteroatoms. The van der Waals surface area contributed by atoms with Crippen molar-refractivity contribution in [3.63, 3.8) is 0 Å². The number of amides is 1. The van der Waals surface area contributed by atoms with E-state index in [1.165, 1.54) is 6.20 Å². The van der Waals surface area contributed by atoms with Gasteiger partial charge in [-0.15, -0.1) is 0 Å². The number of methoxy groups -OCH3 is 1. The number of hydrogen-bond acceptors (Lipinski definition) is 9. The summed E-state index contributed by atoms with van der Waals surface area (Å²) in [6.45, 7) is 2.54. The smallest absolute Gasteiger partial charge is 0.257 e. The maximum absolute atomic E-state index is 11.5. The number of ether oxygens (including phenoxy) is 4. The standard InChI is InChI=1S/C29H29N5O5/c1-4-5-12-37-26-14-22-21(13-25(26)36-3)29(19(15-30)16-32-22)34-27-11-10-20(17-33-27)39-24-9-7-6-8-23(24)38-18-28(35)31-2/h6-11,13-14,16-17H,4-5,12,18H2,1-3H3,(H,31,35)(H,32,33,34). The zero-order valence-corrected chi connectivity index (χ0v) is 22.0. The molecule has 0 bridgehead atoms. The molecule has 4 aromatic rings. The first-order valence-electron chi connectivity index (χ1n) is 12.4. The van der Waals surface area contributed by atoms with E-state index in [4.69, 9.17) is 18.9 Å². The molecule has 2 N–H and O–H groups in total. The summed E-state index contributed by atoms with van der Waals surface area (Å²) in [5.41, 5.74) is 1.56. The van der Waals surface area contributed by atoms with E-state index in [0.29, 0.717) is 63.3 Å². The quantitative estimate of drug-likeness (QED) is 0.234. The number of fused-ring (bicyclic) bond motifs is 1. The van der Waals surface area contributed by atoms with Crippen molar-refractivity contribution in [3.05, 3.63) is 66.5 Å². The van der Waals surface area contributed by atoms with Crippen LogP contribution in [0.25, 0.3) is 10.9 Å². The molecule has 1 amide bonds. The van der Waals surface area contributed by atoms with Gasteiger partial charge < -0.3 is 29.6 Å². The number of pyridine rings is 2. The zero-order valence-electron chi connectivity index (χ0n) is 22.0. The largest absolute Gasteiger partial charge is 0.493 e. The minimum Gasteiger partial charge on any atom is -0.493 e. The Hall–Kier alpha value is -5.04. The van der Waals surface area contributed by atoms with Crippen LogP contribution in [-0.2, 0) is 4.79 Å². The summed E-state index contributed by atoms with van der Waals surface area (Å²) < 4.78 is 22.9. The van der Waals surface area contributed by atoms with Gasteiger partial charge in [0, 0.05) is 24.7 Å². The fourth-order valence-electron chi connectivity index (χ4n) is 3.66. The second-order valence-corrected chi connectivity index (χ2v) is 8.40. The van der Waals surface area contributed by atoms with Crippen LogP contribution < -0.4 is 29.6 Å². The second kappa shape index (κ2) is 13.0. The van der Waals surface area contributed by atoms with Crippen LogP contribution in [0.4, 0.5) is 11.5 Å². The molecular formula is C29H29N5O5. The van der Waals surface area contributed by atoms with Gasteiger partial charge >= 0.3 is 0 Å². The zero-order chi connectivity index (χ0) is 27.6. The molecule has 0 atom stereocenters. The summed E-state index contributed by atoms with van der Waals surface area (Å²) in [7, 11) is 3.12. The Balaban J connectivity index is 1.57. The average Bonchev–Trinajstić information content (AvgIpc) is 2.97. The number of hydrogen-bond donors (Lipinski definition) is 2. The predicted octanol–water partition coefficient (Wildman–Crippen LogP) is 5.35. The van der Waals surface area contributed by atoms with E-state index >= 15 is 0 Å². The molecule has 200 valence electrons. The molecule has 39 heavy (non-hydrogen) atoms. The van der Waals surface area contributed by atoms with Crippen LogP contribution in [-0.4, -0.2) is 43.2 Å². The summed E-state index contributed by atoms with van der Waals surface area (Å²) in [6, 6.07) is 16.3. The monoisotopic (exact) mass is 527 g/mol. The van der Waals surface area contributed by atoms with Crippen molar-refractivity contribution in [3.8, 4) is 34.8 Å². The van der Waals surface area contributed by atoms with Gasteiger partial charge in [0.1, 0.15) is 17.6 Å². The van der Waals surface area contributed by atoms with Crippen LogP contribution in [0.1, 0.15) is 25.3 Å². The van der Waals surface area contributed by atoms with E-state index in [1.807, 2.05) is 6.07 Å². The van der Waals surface area contributed by atoms with Gasteiger partial charge in [0.25, 0.3) is 5.91 Å². The highest BCUT2D eigenvalue weighted by Gasteiger charge is 2.15. The van der Waals surface area contributed by atoms with E-state index in [9.17, 15) is 10.1 Å². The first kappa shape index (κ1) is 27.0. The third-order valence-electron chi connectivity index (χ3n) is 5.73. The molecule has 0 aliphatic heterocycles. The number of carbonyl (C=O) groups excluding carboxylic acids is 1. The Morgan fingerprint density at radius 1 is 1.00 bits per heavy atom. The number of likely N-dealkylation sites (N-methyl/N-ethyl adjacent to an activating group) is 1. The van der Waals surface area contributed by atoms with E-state index in [1.54, 1.807) is 62.8 Å². The molecule has 0 saturated heterocycles. The van der Waals surface area contributed by atoms with Crippen LogP contribution >= 0.6 is 0 Å². The molecule has 0 saturated carbocycles. The molecule has 10 nitrogen and oxygen atoms in total. The average molecular weight is 528 g/mol. The maximum Gasteiger partial charge on any atom is 0.257 e. The number of aromatic nitrogens is 2. The van der Waals surface area contributed by atoms with Crippen LogP contribution in [0.5, 0.6) is 28.7 Å². The molecule has 0 aliphatic rings. The first-order valence-corrected chi connectivity index (χ1v) is 12.4. The van der Waals surface area contributed by atoms with Gasteiger partial charge in [-0.25, -0.2) is 4.98 Å². The number of anilines is 2. The highest BCUT2D eigenvalue weighted by atomic mass is 16.5. The lowest BCUT2D eigenvalue weighted by Gasteiger charge is -2.15. The predicted molar refractivity (Wildman–Crippen MR) is 147 cm³/mol. The van der Waals surface area contributed by atoms with Crippen molar-refractivity contribution in [1.82, 2.24) is 15.3 Å². The number of para-hydroxylation sites is 2. The van der Waals surface area contributed by atoms with Gasteiger partial charge in [-0.05, 0) is 36.8 Å². The molecule has 0 aliphatic carbocycles. The van der Waals surface area contributed by atoms with Gasteiger partial charge in [-0.1, -0.05) is 25.5 Å². The van der Waals surface area contributed by atoms with E-state index in [0.717, 1.165) is 12.8 Å². The van der Waals surface area contributed by atoms with Crippen LogP contribution in [0.2, 0.25) is 0 Å². The minimum absolute atomic E-state index is 0.129. The molecule has 0 fully saturated rings. The van der Waals surface area contributed by atoms with E-state index < -0.39 is 0 Å². The van der Waals surface area contributed by atoms with Crippen LogP contribution in [0.15, 0.2) is 60.9 Å². The number of carbonyl (C=O) groups is 1. The summed E-state index contributed by atoms with van der Waals surface area (Å²) >= 11 is 0. The molecule has 2 aromatic carbocycles. The number of benzene rings is 2. The van der Waals surface area contributed by atoms with Crippen molar-refractivity contribution >= 4 is 28.3 Å². The summed E-state index contributed by atoms with van der Waals surface area (Å²) in [5, 5.41) is 16.2. The van der Waals surface area contributed by atoms with Gasteiger partial charge in [-0.3, -0.25) is 9.78 Å². The normalized spacial score (nSPS) is 10.4. The number of nitrogens with one attached hydrogen (secondary N) is 2. The molecule has 2 heterocycles. The molecule has 0 unspecified atom stereocenters. The lowest BCUT2D eigenvalue weighted by molar-refractivity contribution is -0.122. The SMILES string of the molecule is CCCCOc1cc2ncc(C#N)c(Nc3ccc(Oc4ccccc4OCC(=O)NC)cn3)c2cc1OC. The fraction of sp³-hybridized carbons (Fsp3) is 0.241. The molecule has 4 rings (SSSR count). The Morgan fingerprint density at radius 3 is 2.51 bits per heavy atom. The maximum atomic E-state index is 11.5. The Bertz CT molecular complexity index is 1480.